The molecule has 2 aromatic carbocycles. The summed E-state index contributed by atoms with van der Waals surface area (Å²) in [5, 5.41) is 5.74. The van der Waals surface area contributed by atoms with E-state index in [1.54, 1.807) is 11.9 Å². The van der Waals surface area contributed by atoms with Gasteiger partial charge in [0.05, 0.1) is 0 Å². The first-order valence-electron chi connectivity index (χ1n) is 9.56. The lowest BCUT2D eigenvalue weighted by Crippen LogP contribution is -2.54. The normalized spacial score (nSPS) is 16.8. The van der Waals surface area contributed by atoms with Crippen LogP contribution < -0.4 is 10.6 Å². The Hall–Kier alpha value is -2.82. The molecule has 3 amide bonds. The number of rotatable bonds is 5. The summed E-state index contributed by atoms with van der Waals surface area (Å²) >= 11 is 0. The molecule has 3 rings (SSSR count). The summed E-state index contributed by atoms with van der Waals surface area (Å²) in [6.45, 7) is 1.11. The molecule has 0 saturated carbocycles. The molecule has 27 heavy (non-hydrogen) atoms. The Morgan fingerprint density at radius 3 is 2.15 bits per heavy atom. The lowest BCUT2D eigenvalue weighted by molar-refractivity contribution is -0.125. The van der Waals surface area contributed by atoms with Crippen LogP contribution in [0.3, 0.4) is 0 Å². The zero-order chi connectivity index (χ0) is 19.1. The molecule has 1 atom stereocenters. The SMILES string of the molecule is CNC(=O)[C@H]1CCCCN1C(=O)NCC(c1ccccc1)c1ccccc1. The maximum atomic E-state index is 12.8. The first-order chi connectivity index (χ1) is 13.2. The highest BCUT2D eigenvalue weighted by Crippen LogP contribution is 2.24. The molecule has 0 bridgehead atoms. The minimum atomic E-state index is -0.379. The van der Waals surface area contributed by atoms with Gasteiger partial charge in [-0.15, -0.1) is 0 Å². The fourth-order valence-electron chi connectivity index (χ4n) is 3.70. The van der Waals surface area contributed by atoms with Crippen LogP contribution in [0.2, 0.25) is 0 Å². The average molecular weight is 365 g/mol. The molecular formula is C22H27N3O2. The highest BCUT2D eigenvalue weighted by Gasteiger charge is 2.31. The molecule has 1 aliphatic rings. The summed E-state index contributed by atoms with van der Waals surface area (Å²) in [6.07, 6.45) is 2.62. The fraction of sp³-hybridized carbons (Fsp3) is 0.364. The van der Waals surface area contributed by atoms with E-state index in [0.29, 0.717) is 19.5 Å². The molecule has 2 N–H and O–H groups in total. The van der Waals surface area contributed by atoms with Crippen LogP contribution in [0.1, 0.15) is 36.3 Å². The second-order valence-corrected chi connectivity index (χ2v) is 6.88. The van der Waals surface area contributed by atoms with E-state index in [1.807, 2.05) is 36.4 Å². The predicted molar refractivity (Wildman–Crippen MR) is 107 cm³/mol. The average Bonchev–Trinajstić information content (AvgIpc) is 2.74. The third kappa shape index (κ3) is 4.67. The number of urea groups is 1. The molecule has 1 saturated heterocycles. The number of likely N-dealkylation sites (N-methyl/N-ethyl adjacent to an activating group) is 1. The van der Waals surface area contributed by atoms with Crippen molar-refractivity contribution in [1.82, 2.24) is 15.5 Å². The van der Waals surface area contributed by atoms with Gasteiger partial charge in [0.25, 0.3) is 0 Å². The molecule has 0 spiro atoms. The quantitative estimate of drug-likeness (QED) is 0.855. The summed E-state index contributed by atoms with van der Waals surface area (Å²) in [6, 6.07) is 19.8. The molecule has 1 fully saturated rings. The molecule has 1 aliphatic heterocycles. The largest absolute Gasteiger partial charge is 0.357 e. The summed E-state index contributed by atoms with van der Waals surface area (Å²) in [7, 11) is 1.62. The number of amides is 3. The van der Waals surface area contributed by atoms with Crippen LogP contribution in [0.5, 0.6) is 0 Å². The minimum absolute atomic E-state index is 0.0691. The Kier molecular flexibility index (Phi) is 6.47. The molecule has 5 nitrogen and oxygen atoms in total. The minimum Gasteiger partial charge on any atom is -0.357 e. The predicted octanol–water partition coefficient (Wildman–Crippen LogP) is 3.13. The summed E-state index contributed by atoms with van der Waals surface area (Å²) < 4.78 is 0. The second-order valence-electron chi connectivity index (χ2n) is 6.88. The van der Waals surface area contributed by atoms with Crippen LogP contribution in [0.25, 0.3) is 0 Å². The van der Waals surface area contributed by atoms with Crippen molar-refractivity contribution >= 4 is 11.9 Å². The zero-order valence-electron chi connectivity index (χ0n) is 15.7. The van der Waals surface area contributed by atoms with E-state index in [9.17, 15) is 9.59 Å². The molecule has 0 aliphatic carbocycles. The maximum absolute atomic E-state index is 12.8. The van der Waals surface area contributed by atoms with E-state index in [4.69, 9.17) is 0 Å². The van der Waals surface area contributed by atoms with Crippen molar-refractivity contribution in [2.24, 2.45) is 0 Å². The number of carbonyl (C=O) groups is 2. The van der Waals surface area contributed by atoms with Gasteiger partial charge in [-0.1, -0.05) is 60.7 Å². The molecule has 0 aromatic heterocycles. The summed E-state index contributed by atoms with van der Waals surface area (Å²) in [5.41, 5.74) is 2.32. The Morgan fingerprint density at radius 2 is 1.59 bits per heavy atom. The van der Waals surface area contributed by atoms with Gasteiger partial charge < -0.3 is 15.5 Å². The van der Waals surface area contributed by atoms with Gasteiger partial charge in [-0.25, -0.2) is 4.79 Å². The number of benzene rings is 2. The number of likely N-dealkylation sites (tertiary alicyclic amines) is 1. The van der Waals surface area contributed by atoms with E-state index >= 15 is 0 Å². The van der Waals surface area contributed by atoms with Crippen molar-refractivity contribution in [2.45, 2.75) is 31.2 Å². The van der Waals surface area contributed by atoms with Crippen LogP contribution in [0, 0.1) is 0 Å². The lowest BCUT2D eigenvalue weighted by atomic mass is 9.91. The van der Waals surface area contributed by atoms with Gasteiger partial charge in [0.2, 0.25) is 5.91 Å². The molecule has 0 radical (unpaired) electrons. The van der Waals surface area contributed by atoms with Crippen LogP contribution in [-0.2, 0) is 4.79 Å². The Bertz CT molecular complexity index is 709. The molecule has 142 valence electrons. The van der Waals surface area contributed by atoms with Crippen molar-refractivity contribution in [3.8, 4) is 0 Å². The summed E-state index contributed by atoms with van der Waals surface area (Å²) in [4.78, 5) is 26.6. The van der Waals surface area contributed by atoms with Crippen LogP contribution >= 0.6 is 0 Å². The topological polar surface area (TPSA) is 61.4 Å². The van der Waals surface area contributed by atoms with Crippen molar-refractivity contribution in [3.63, 3.8) is 0 Å². The van der Waals surface area contributed by atoms with Gasteiger partial charge >= 0.3 is 6.03 Å². The van der Waals surface area contributed by atoms with Crippen LogP contribution in [-0.4, -0.2) is 43.0 Å². The van der Waals surface area contributed by atoms with E-state index in [0.717, 1.165) is 24.0 Å². The lowest BCUT2D eigenvalue weighted by Gasteiger charge is -2.34. The van der Waals surface area contributed by atoms with E-state index in [2.05, 4.69) is 34.9 Å². The third-order valence-corrected chi connectivity index (χ3v) is 5.17. The van der Waals surface area contributed by atoms with Gasteiger partial charge in [-0.2, -0.15) is 0 Å². The zero-order valence-corrected chi connectivity index (χ0v) is 15.7. The van der Waals surface area contributed by atoms with E-state index in [-0.39, 0.29) is 23.9 Å². The number of nitrogens with one attached hydrogen (secondary N) is 2. The van der Waals surface area contributed by atoms with Crippen LogP contribution in [0.15, 0.2) is 60.7 Å². The fourth-order valence-corrected chi connectivity index (χ4v) is 3.70. The Labute approximate surface area is 160 Å². The highest BCUT2D eigenvalue weighted by atomic mass is 16.2. The van der Waals surface area contributed by atoms with Crippen molar-refractivity contribution in [3.05, 3.63) is 71.8 Å². The molecule has 1 heterocycles. The van der Waals surface area contributed by atoms with Crippen LogP contribution in [0.4, 0.5) is 4.79 Å². The van der Waals surface area contributed by atoms with Gasteiger partial charge in [-0.05, 0) is 30.4 Å². The van der Waals surface area contributed by atoms with E-state index < -0.39 is 0 Å². The van der Waals surface area contributed by atoms with Gasteiger partial charge in [-0.3, -0.25) is 4.79 Å². The number of hydrogen-bond acceptors (Lipinski definition) is 2. The molecule has 2 aromatic rings. The second kappa shape index (κ2) is 9.21. The number of carbonyl (C=O) groups excluding carboxylic acids is 2. The first-order valence-corrected chi connectivity index (χ1v) is 9.56. The Balaban J connectivity index is 1.73. The molecule has 0 unspecified atom stereocenters. The smallest absolute Gasteiger partial charge is 0.318 e. The maximum Gasteiger partial charge on any atom is 0.318 e. The standard InChI is InChI=1S/C22H27N3O2/c1-23-21(26)20-14-8-9-15-25(20)22(27)24-16-19(17-10-4-2-5-11-17)18-12-6-3-7-13-18/h2-7,10-13,19-20H,8-9,14-16H2,1H3,(H,23,26)(H,24,27)/t20-/m1/s1. The van der Waals surface area contributed by atoms with Crippen molar-refractivity contribution < 1.29 is 9.59 Å². The van der Waals surface area contributed by atoms with Gasteiger partial charge in [0.15, 0.2) is 0 Å². The number of piperidine rings is 1. The van der Waals surface area contributed by atoms with Gasteiger partial charge in [0.1, 0.15) is 6.04 Å². The third-order valence-electron chi connectivity index (χ3n) is 5.17. The first kappa shape index (κ1) is 19.0. The Morgan fingerprint density at radius 1 is 1.00 bits per heavy atom. The molecule has 5 heteroatoms. The summed E-state index contributed by atoms with van der Waals surface area (Å²) in [5.74, 6) is -0.0212. The van der Waals surface area contributed by atoms with Crippen molar-refractivity contribution in [2.75, 3.05) is 20.1 Å². The highest BCUT2D eigenvalue weighted by molar-refractivity contribution is 5.87. The number of hydrogen-bond donors (Lipinski definition) is 2. The van der Waals surface area contributed by atoms with Crippen molar-refractivity contribution in [1.29, 1.82) is 0 Å². The molecular weight excluding hydrogens is 338 g/mol. The number of nitrogens with zero attached hydrogens (tertiary/aromatic N) is 1. The van der Waals surface area contributed by atoms with E-state index in [1.165, 1.54) is 0 Å². The monoisotopic (exact) mass is 365 g/mol. The van der Waals surface area contributed by atoms with Gasteiger partial charge in [0, 0.05) is 26.1 Å².